The highest BCUT2D eigenvalue weighted by atomic mass is 32.2. The third-order valence-corrected chi connectivity index (χ3v) is 3.31. The highest BCUT2D eigenvalue weighted by Gasteiger charge is 2.04. The van der Waals surface area contributed by atoms with Crippen molar-refractivity contribution in [2.45, 2.75) is 26.9 Å². The maximum Gasteiger partial charge on any atom is 0.123 e. The van der Waals surface area contributed by atoms with E-state index in [1.807, 2.05) is 43.8 Å². The van der Waals surface area contributed by atoms with Crippen LogP contribution in [-0.2, 0) is 0 Å². The summed E-state index contributed by atoms with van der Waals surface area (Å²) >= 11 is 1.87. The lowest BCUT2D eigenvalue weighted by atomic mass is 10.2. The molecule has 0 radical (unpaired) electrons. The number of nitrogens with two attached hydrogens (primary N) is 1. The zero-order valence-electron chi connectivity index (χ0n) is 11.7. The molecule has 1 aromatic carbocycles. The molecule has 4 heteroatoms. The molecule has 1 rings (SSSR count). The van der Waals surface area contributed by atoms with Crippen molar-refractivity contribution in [1.82, 2.24) is 0 Å². The quantitative estimate of drug-likeness (QED) is 0.743. The van der Waals surface area contributed by atoms with Crippen LogP contribution in [0.4, 0.5) is 11.4 Å². The second-order valence-electron chi connectivity index (χ2n) is 4.90. The van der Waals surface area contributed by atoms with Gasteiger partial charge in [0, 0.05) is 30.1 Å². The molecule has 0 aliphatic heterocycles. The van der Waals surface area contributed by atoms with Gasteiger partial charge in [0.05, 0.1) is 6.10 Å². The lowest BCUT2D eigenvalue weighted by molar-refractivity contribution is 0.242. The van der Waals surface area contributed by atoms with Crippen molar-refractivity contribution in [3.8, 4) is 5.75 Å². The molecule has 0 spiro atoms. The Morgan fingerprint density at radius 3 is 2.61 bits per heavy atom. The smallest absolute Gasteiger partial charge is 0.123 e. The van der Waals surface area contributed by atoms with Gasteiger partial charge in [-0.1, -0.05) is 6.92 Å². The molecule has 0 aromatic heterocycles. The van der Waals surface area contributed by atoms with Gasteiger partial charge in [0.15, 0.2) is 0 Å². The molecule has 0 amide bonds. The summed E-state index contributed by atoms with van der Waals surface area (Å²) in [5, 5.41) is 3.41. The van der Waals surface area contributed by atoms with E-state index in [1.165, 1.54) is 0 Å². The first-order chi connectivity index (χ1) is 8.51. The Bertz CT molecular complexity index is 369. The average Bonchev–Trinajstić information content (AvgIpc) is 2.25. The van der Waals surface area contributed by atoms with Gasteiger partial charge in [0.2, 0.25) is 0 Å². The molecule has 0 fully saturated rings. The topological polar surface area (TPSA) is 47.3 Å². The van der Waals surface area contributed by atoms with Crippen LogP contribution in [0.5, 0.6) is 5.75 Å². The van der Waals surface area contributed by atoms with Gasteiger partial charge in [-0.25, -0.2) is 0 Å². The van der Waals surface area contributed by atoms with Gasteiger partial charge in [-0.15, -0.1) is 0 Å². The molecule has 0 aliphatic rings. The van der Waals surface area contributed by atoms with Gasteiger partial charge >= 0.3 is 0 Å². The minimum atomic E-state index is 0.162. The van der Waals surface area contributed by atoms with Crippen molar-refractivity contribution in [2.75, 3.05) is 29.6 Å². The summed E-state index contributed by atoms with van der Waals surface area (Å²) < 4.78 is 5.67. The van der Waals surface area contributed by atoms with E-state index in [-0.39, 0.29) is 6.10 Å². The maximum atomic E-state index is 5.88. The van der Waals surface area contributed by atoms with E-state index >= 15 is 0 Å². The standard InChI is InChI=1S/C14H24N2OS/c1-10(2)17-14-6-12(15)5-13(7-14)16-8-11(3)9-18-4/h5-7,10-11,16H,8-9,15H2,1-4H3. The first-order valence-corrected chi connectivity index (χ1v) is 7.70. The first-order valence-electron chi connectivity index (χ1n) is 6.31. The van der Waals surface area contributed by atoms with Crippen LogP contribution in [0.25, 0.3) is 0 Å². The van der Waals surface area contributed by atoms with Gasteiger partial charge in [-0.3, -0.25) is 0 Å². The zero-order valence-corrected chi connectivity index (χ0v) is 12.5. The molecule has 1 atom stereocenters. The predicted molar refractivity (Wildman–Crippen MR) is 82.7 cm³/mol. The Morgan fingerprint density at radius 1 is 1.28 bits per heavy atom. The molecule has 1 aromatic rings. The van der Waals surface area contributed by atoms with E-state index in [9.17, 15) is 0 Å². The van der Waals surface area contributed by atoms with E-state index in [1.54, 1.807) is 0 Å². The number of anilines is 2. The summed E-state index contributed by atoms with van der Waals surface area (Å²) in [6, 6.07) is 5.80. The molecule has 102 valence electrons. The van der Waals surface area contributed by atoms with Crippen molar-refractivity contribution in [3.63, 3.8) is 0 Å². The fourth-order valence-electron chi connectivity index (χ4n) is 1.70. The Balaban J connectivity index is 2.62. The maximum absolute atomic E-state index is 5.88. The van der Waals surface area contributed by atoms with Crippen molar-refractivity contribution in [3.05, 3.63) is 18.2 Å². The third kappa shape index (κ3) is 5.54. The Hall–Kier alpha value is -1.03. The monoisotopic (exact) mass is 268 g/mol. The highest BCUT2D eigenvalue weighted by Crippen LogP contribution is 2.23. The summed E-state index contributed by atoms with van der Waals surface area (Å²) in [4.78, 5) is 0. The number of rotatable bonds is 7. The SMILES string of the molecule is CSCC(C)CNc1cc(N)cc(OC(C)C)c1. The minimum Gasteiger partial charge on any atom is -0.491 e. The average molecular weight is 268 g/mol. The Morgan fingerprint density at radius 2 is 2.00 bits per heavy atom. The van der Waals surface area contributed by atoms with Crippen LogP contribution in [0.1, 0.15) is 20.8 Å². The molecule has 0 aliphatic carbocycles. The highest BCUT2D eigenvalue weighted by molar-refractivity contribution is 7.98. The molecular weight excluding hydrogens is 244 g/mol. The van der Waals surface area contributed by atoms with Crippen molar-refractivity contribution in [2.24, 2.45) is 5.92 Å². The number of nitrogens with one attached hydrogen (secondary N) is 1. The van der Waals surface area contributed by atoms with Gasteiger partial charge in [0.25, 0.3) is 0 Å². The predicted octanol–water partition coefficient (Wildman–Crippen LogP) is 3.47. The molecule has 1 unspecified atom stereocenters. The number of ether oxygens (including phenoxy) is 1. The van der Waals surface area contributed by atoms with Crippen LogP contribution in [0, 0.1) is 5.92 Å². The molecule has 0 heterocycles. The minimum absolute atomic E-state index is 0.162. The lowest BCUT2D eigenvalue weighted by Gasteiger charge is -2.15. The molecule has 18 heavy (non-hydrogen) atoms. The summed E-state index contributed by atoms with van der Waals surface area (Å²) in [6.45, 7) is 7.21. The molecular formula is C14H24N2OS. The summed E-state index contributed by atoms with van der Waals surface area (Å²) in [7, 11) is 0. The summed E-state index contributed by atoms with van der Waals surface area (Å²) in [5.41, 5.74) is 7.63. The molecule has 0 saturated carbocycles. The van der Waals surface area contributed by atoms with E-state index < -0.39 is 0 Å². The zero-order chi connectivity index (χ0) is 13.5. The van der Waals surface area contributed by atoms with Gasteiger partial charge in [-0.2, -0.15) is 11.8 Å². The van der Waals surface area contributed by atoms with Crippen LogP contribution in [-0.4, -0.2) is 24.7 Å². The van der Waals surface area contributed by atoms with Crippen molar-refractivity contribution < 1.29 is 4.74 Å². The van der Waals surface area contributed by atoms with Crippen molar-refractivity contribution in [1.29, 1.82) is 0 Å². The molecule has 0 bridgehead atoms. The van der Waals surface area contributed by atoms with E-state index in [2.05, 4.69) is 18.5 Å². The summed E-state index contributed by atoms with van der Waals surface area (Å²) in [5.74, 6) is 2.62. The number of hydrogen-bond donors (Lipinski definition) is 2. The van der Waals surface area contributed by atoms with Crippen LogP contribution in [0.3, 0.4) is 0 Å². The van der Waals surface area contributed by atoms with Crippen LogP contribution >= 0.6 is 11.8 Å². The summed E-state index contributed by atoms with van der Waals surface area (Å²) in [6.07, 6.45) is 2.29. The van der Waals surface area contributed by atoms with E-state index in [4.69, 9.17) is 10.5 Å². The van der Waals surface area contributed by atoms with Crippen LogP contribution in [0.15, 0.2) is 18.2 Å². The molecule has 3 N–H and O–H groups in total. The molecule has 3 nitrogen and oxygen atoms in total. The number of nitrogen functional groups attached to an aromatic ring is 1. The normalized spacial score (nSPS) is 12.5. The number of benzene rings is 1. The number of hydrogen-bond acceptors (Lipinski definition) is 4. The van der Waals surface area contributed by atoms with E-state index in [0.29, 0.717) is 5.92 Å². The Labute approximate surface area is 114 Å². The third-order valence-electron chi connectivity index (χ3n) is 2.41. The molecule has 0 saturated heterocycles. The van der Waals surface area contributed by atoms with Gasteiger partial charge in [-0.05, 0) is 37.8 Å². The fraction of sp³-hybridized carbons (Fsp3) is 0.571. The number of thioether (sulfide) groups is 1. The second-order valence-corrected chi connectivity index (χ2v) is 5.81. The lowest BCUT2D eigenvalue weighted by Crippen LogP contribution is -2.13. The van der Waals surface area contributed by atoms with Crippen LogP contribution < -0.4 is 15.8 Å². The second kappa shape index (κ2) is 7.41. The largest absolute Gasteiger partial charge is 0.491 e. The van der Waals surface area contributed by atoms with Gasteiger partial charge in [0.1, 0.15) is 5.75 Å². The van der Waals surface area contributed by atoms with Crippen molar-refractivity contribution >= 4 is 23.1 Å². The Kier molecular flexibility index (Phi) is 6.19. The van der Waals surface area contributed by atoms with E-state index in [0.717, 1.165) is 29.4 Å². The first kappa shape index (κ1) is 15.0. The van der Waals surface area contributed by atoms with Crippen LogP contribution in [0.2, 0.25) is 0 Å². The van der Waals surface area contributed by atoms with Gasteiger partial charge < -0.3 is 15.8 Å². The fourth-order valence-corrected chi connectivity index (χ4v) is 2.39.